The molecule has 0 bridgehead atoms. The molecule has 0 aromatic rings. The predicted octanol–water partition coefficient (Wildman–Crippen LogP) is 20.7. The van der Waals surface area contributed by atoms with Gasteiger partial charge in [0.2, 0.25) is 5.91 Å². The van der Waals surface area contributed by atoms with Crippen LogP contribution in [0.1, 0.15) is 356 Å². The summed E-state index contributed by atoms with van der Waals surface area (Å²) in [5.41, 5.74) is 0. The van der Waals surface area contributed by atoms with Crippen LogP contribution >= 0.6 is 0 Å². The minimum atomic E-state index is 0.00633. The van der Waals surface area contributed by atoms with E-state index < -0.39 is 0 Å². The number of hydrogen-bond donors (Lipinski definition) is 0. The molecular weight excluding hydrogens is 913 g/mol. The number of carbonyl (C=O) groups is 3. The highest BCUT2D eigenvalue weighted by Crippen LogP contribution is 2.24. The van der Waals surface area contributed by atoms with Crippen molar-refractivity contribution in [2.75, 3.05) is 40.4 Å². The monoisotopic (exact) mass is 1050 g/mol. The maximum atomic E-state index is 14.1. The van der Waals surface area contributed by atoms with Crippen LogP contribution in [0.15, 0.2) is 0 Å². The van der Waals surface area contributed by atoms with Gasteiger partial charge in [-0.1, -0.05) is 272 Å². The molecule has 0 spiro atoms. The molecule has 1 amide bonds. The minimum absolute atomic E-state index is 0.00633. The Kier molecular flexibility index (Phi) is 56.3. The molecule has 0 rings (SSSR count). The van der Waals surface area contributed by atoms with Gasteiger partial charge in [0.25, 0.3) is 0 Å². The van der Waals surface area contributed by atoms with Gasteiger partial charge in [0.1, 0.15) is 0 Å². The molecule has 440 valence electrons. The molecule has 74 heavy (non-hydrogen) atoms. The van der Waals surface area contributed by atoms with Crippen LogP contribution in [0.4, 0.5) is 0 Å². The number of ether oxygens (including phenoxy) is 2. The molecule has 0 saturated carbocycles. The highest BCUT2D eigenvalue weighted by molar-refractivity contribution is 5.76. The van der Waals surface area contributed by atoms with Crippen LogP contribution < -0.4 is 0 Å². The molecule has 0 aromatic heterocycles. The molecule has 0 heterocycles. The van der Waals surface area contributed by atoms with E-state index in [0.29, 0.717) is 56.3 Å². The van der Waals surface area contributed by atoms with Crippen molar-refractivity contribution in [3.05, 3.63) is 0 Å². The third-order valence-electron chi connectivity index (χ3n) is 16.2. The Morgan fingerprint density at radius 2 is 0.595 bits per heavy atom. The summed E-state index contributed by atoms with van der Waals surface area (Å²) in [5.74, 6) is 1.43. The van der Waals surface area contributed by atoms with Crippen molar-refractivity contribution >= 4 is 17.8 Å². The molecule has 2 unspecified atom stereocenters. The van der Waals surface area contributed by atoms with Crippen molar-refractivity contribution in [1.29, 1.82) is 0 Å². The fourth-order valence-corrected chi connectivity index (χ4v) is 11.1. The molecule has 0 aliphatic heterocycles. The first kappa shape index (κ1) is 72.4. The lowest BCUT2D eigenvalue weighted by atomic mass is 9.95. The maximum Gasteiger partial charge on any atom is 0.305 e. The van der Waals surface area contributed by atoms with Crippen LogP contribution in [-0.4, -0.2) is 74.1 Å². The van der Waals surface area contributed by atoms with E-state index in [1.165, 1.54) is 238 Å². The first-order valence-corrected chi connectivity index (χ1v) is 33.5. The van der Waals surface area contributed by atoms with Crippen LogP contribution in [0, 0.1) is 11.8 Å². The van der Waals surface area contributed by atoms with Crippen molar-refractivity contribution in [1.82, 2.24) is 9.80 Å². The van der Waals surface area contributed by atoms with Crippen LogP contribution in [0.5, 0.6) is 0 Å². The molecule has 2 atom stereocenters. The Morgan fingerprint density at radius 3 is 0.932 bits per heavy atom. The molecule has 7 heteroatoms. The number of amides is 1. The van der Waals surface area contributed by atoms with Gasteiger partial charge in [-0.15, -0.1) is 0 Å². The topological polar surface area (TPSA) is 76.2 Å². The third kappa shape index (κ3) is 49.9. The van der Waals surface area contributed by atoms with E-state index >= 15 is 0 Å². The molecule has 0 aromatic carbocycles. The summed E-state index contributed by atoms with van der Waals surface area (Å²) < 4.78 is 11.8. The summed E-state index contributed by atoms with van der Waals surface area (Å²) in [5, 5.41) is 0. The van der Waals surface area contributed by atoms with Crippen LogP contribution in [-0.2, 0) is 23.9 Å². The van der Waals surface area contributed by atoms with E-state index in [9.17, 15) is 14.4 Å². The highest BCUT2D eigenvalue weighted by Gasteiger charge is 2.23. The van der Waals surface area contributed by atoms with Gasteiger partial charge in [-0.05, 0) is 96.7 Å². The number of unbranched alkanes of at least 4 members (excludes halogenated alkanes) is 33. The van der Waals surface area contributed by atoms with Gasteiger partial charge in [-0.3, -0.25) is 14.4 Å². The summed E-state index contributed by atoms with van der Waals surface area (Å²) in [6, 6.07) is 0.323. The molecule has 0 radical (unpaired) electrons. The average molecular weight is 1050 g/mol. The molecule has 0 aliphatic rings. The summed E-state index contributed by atoms with van der Waals surface area (Å²) in [6.45, 7) is 14.5. The van der Waals surface area contributed by atoms with E-state index in [2.05, 4.69) is 58.5 Å². The molecule has 7 nitrogen and oxygen atoms in total. The first-order valence-electron chi connectivity index (χ1n) is 33.5. The predicted molar refractivity (Wildman–Crippen MR) is 322 cm³/mol. The van der Waals surface area contributed by atoms with Crippen molar-refractivity contribution < 1.29 is 23.9 Å². The van der Waals surface area contributed by atoms with Crippen LogP contribution in [0.3, 0.4) is 0 Å². The van der Waals surface area contributed by atoms with Crippen LogP contribution in [0.2, 0.25) is 0 Å². The van der Waals surface area contributed by atoms with Gasteiger partial charge < -0.3 is 19.3 Å². The molecule has 0 fully saturated rings. The third-order valence-corrected chi connectivity index (χ3v) is 16.2. The van der Waals surface area contributed by atoms with Crippen LogP contribution in [0.25, 0.3) is 0 Å². The number of nitrogens with zero attached hydrogens (tertiary/aromatic N) is 2. The SMILES string of the molecule is CCCCCCCCCCN(C(=O)CCCN(C)C)C(CCCCCCCCC(=O)OCC(CCCCCC)CCCCCCCC)CCCCCCCCC(=O)OCC(CCCCCC)CCCCCCCC. The second-order valence-electron chi connectivity index (χ2n) is 23.9. The Labute approximate surface area is 463 Å². The van der Waals surface area contributed by atoms with E-state index in [4.69, 9.17) is 9.47 Å². The Hall–Kier alpha value is -1.63. The number of hydrogen-bond acceptors (Lipinski definition) is 6. The van der Waals surface area contributed by atoms with Gasteiger partial charge in [-0.25, -0.2) is 0 Å². The molecule has 0 saturated heterocycles. The van der Waals surface area contributed by atoms with E-state index in [0.717, 1.165) is 77.3 Å². The van der Waals surface area contributed by atoms with Gasteiger partial charge in [0, 0.05) is 31.8 Å². The first-order chi connectivity index (χ1) is 36.2. The number of carbonyl (C=O) groups excluding carboxylic acids is 3. The smallest absolute Gasteiger partial charge is 0.305 e. The summed E-state index contributed by atoms with van der Waals surface area (Å²) in [7, 11) is 4.22. The quantitative estimate of drug-likeness (QED) is 0.0446. The molecule has 0 N–H and O–H groups in total. The van der Waals surface area contributed by atoms with Gasteiger partial charge >= 0.3 is 11.9 Å². The fraction of sp³-hybridized carbons (Fsp3) is 0.955. The Bertz CT molecular complexity index is 1110. The standard InChI is InChI=1S/C67H132N2O5/c1-8-13-18-23-26-31-38-47-59-69(65(70)55-48-58-68(6)7)64(53-43-34-27-29-36-45-56-66(71)73-60-62(49-39-21-16-11-4)51-41-32-24-19-14-9-2)54-44-35-28-30-37-46-57-67(72)74-61-63(50-40-22-17-12-5)52-42-33-25-20-15-10-3/h62-64H,8-61H2,1-7H3. The number of rotatable bonds is 60. The van der Waals surface area contributed by atoms with Gasteiger partial charge in [0.15, 0.2) is 0 Å². The Morgan fingerprint density at radius 1 is 0.311 bits per heavy atom. The van der Waals surface area contributed by atoms with E-state index in [1.54, 1.807) is 0 Å². The highest BCUT2D eigenvalue weighted by atomic mass is 16.5. The lowest BCUT2D eigenvalue weighted by Crippen LogP contribution is -2.41. The van der Waals surface area contributed by atoms with Crippen molar-refractivity contribution in [2.45, 2.75) is 362 Å². The van der Waals surface area contributed by atoms with E-state index in [-0.39, 0.29) is 11.9 Å². The summed E-state index contributed by atoms with van der Waals surface area (Å²) >= 11 is 0. The van der Waals surface area contributed by atoms with Crippen molar-refractivity contribution in [3.63, 3.8) is 0 Å². The lowest BCUT2D eigenvalue weighted by Gasteiger charge is -2.33. The average Bonchev–Trinajstić information content (AvgIpc) is 3.39. The normalized spacial score (nSPS) is 12.9. The van der Waals surface area contributed by atoms with Crippen molar-refractivity contribution in [3.8, 4) is 0 Å². The number of esters is 2. The second kappa shape index (κ2) is 57.5. The maximum absolute atomic E-state index is 14.1. The van der Waals surface area contributed by atoms with E-state index in [1.807, 2.05) is 0 Å². The van der Waals surface area contributed by atoms with Crippen molar-refractivity contribution in [2.24, 2.45) is 11.8 Å². The van der Waals surface area contributed by atoms with Gasteiger partial charge in [-0.2, -0.15) is 0 Å². The molecular formula is C67H132N2O5. The second-order valence-corrected chi connectivity index (χ2v) is 23.9. The zero-order valence-electron chi connectivity index (χ0n) is 51.4. The zero-order valence-corrected chi connectivity index (χ0v) is 51.4. The summed E-state index contributed by atoms with van der Waals surface area (Å²) in [6.07, 6.45) is 59.5. The summed E-state index contributed by atoms with van der Waals surface area (Å²) in [4.78, 5) is 44.2. The van der Waals surface area contributed by atoms with Gasteiger partial charge in [0.05, 0.1) is 13.2 Å². The lowest BCUT2D eigenvalue weighted by molar-refractivity contribution is -0.146. The zero-order chi connectivity index (χ0) is 54.2. The largest absolute Gasteiger partial charge is 0.465 e. The minimum Gasteiger partial charge on any atom is -0.465 e. The fourth-order valence-electron chi connectivity index (χ4n) is 11.1. The Balaban J connectivity index is 5.12. The molecule has 0 aliphatic carbocycles.